The lowest BCUT2D eigenvalue weighted by Crippen LogP contribution is -2.30. The van der Waals surface area contributed by atoms with Gasteiger partial charge in [0.1, 0.15) is 11.0 Å². The van der Waals surface area contributed by atoms with Crippen molar-refractivity contribution in [2.24, 2.45) is 7.05 Å². The highest BCUT2D eigenvalue weighted by atomic mass is 32.1. The number of fused-ring (bicyclic) bond motifs is 1. The Morgan fingerprint density at radius 2 is 2.08 bits per heavy atom. The van der Waals surface area contributed by atoms with Gasteiger partial charge in [0.25, 0.3) is 0 Å². The topological polar surface area (TPSA) is 67.2 Å². The molecule has 1 atom stereocenters. The van der Waals surface area contributed by atoms with Crippen molar-refractivity contribution in [2.75, 3.05) is 0 Å². The third-order valence-corrected chi connectivity index (χ3v) is 5.34. The van der Waals surface area contributed by atoms with E-state index in [-0.39, 0.29) is 5.75 Å². The summed E-state index contributed by atoms with van der Waals surface area (Å²) in [6.07, 6.45) is 0. The first kappa shape index (κ1) is 17.6. The molecule has 2 heterocycles. The second-order valence-corrected chi connectivity index (χ2v) is 7.77. The maximum atomic E-state index is 12.1. The Balaban J connectivity index is 2.25. The first-order valence-corrected chi connectivity index (χ1v) is 9.04. The second kappa shape index (κ2) is 6.57. The van der Waals surface area contributed by atoms with Crippen LogP contribution in [0.1, 0.15) is 34.9 Å². The monoisotopic (exact) mass is 373 g/mol. The smallest absolute Gasteiger partial charge is 0.223 e. The predicted molar refractivity (Wildman–Crippen MR) is 106 cm³/mol. The molecule has 0 aliphatic carbocycles. The van der Waals surface area contributed by atoms with Crippen LogP contribution in [-0.4, -0.2) is 19.6 Å². The van der Waals surface area contributed by atoms with E-state index in [0.29, 0.717) is 10.7 Å². The highest BCUT2D eigenvalue weighted by Crippen LogP contribution is 2.33. The number of nitrogens with one attached hydrogen (secondary N) is 1. The summed E-state index contributed by atoms with van der Waals surface area (Å²) in [6, 6.07) is 6.99. The van der Waals surface area contributed by atoms with Gasteiger partial charge >= 0.3 is 0 Å². The lowest BCUT2D eigenvalue weighted by molar-refractivity contribution is 0.443. The minimum absolute atomic E-state index is 0.280. The lowest BCUT2D eigenvalue weighted by Gasteiger charge is -2.22. The van der Waals surface area contributed by atoms with Crippen molar-refractivity contribution in [1.29, 1.82) is 0 Å². The molecule has 5 nitrogen and oxygen atoms in total. The SMILES string of the molecule is CC(=S)NC(c1nc2ccc(C)cc2s1)c1c(O)c(=O)cc(C)n1C. The molecular weight excluding hydrogens is 354 g/mol. The molecule has 0 spiro atoms. The van der Waals surface area contributed by atoms with E-state index in [4.69, 9.17) is 17.2 Å². The predicted octanol–water partition coefficient (Wildman–Crippen LogP) is 3.34. The third kappa shape index (κ3) is 3.29. The van der Waals surface area contributed by atoms with E-state index in [9.17, 15) is 9.90 Å². The molecule has 0 aliphatic rings. The zero-order valence-corrected chi connectivity index (χ0v) is 16.1. The number of aromatic hydroxyl groups is 1. The zero-order chi connectivity index (χ0) is 18.3. The fourth-order valence-electron chi connectivity index (χ4n) is 2.78. The minimum atomic E-state index is -0.493. The van der Waals surface area contributed by atoms with E-state index in [1.54, 1.807) is 11.5 Å². The van der Waals surface area contributed by atoms with Gasteiger partial charge in [-0.3, -0.25) is 4.79 Å². The number of thiocarbonyl (C=S) groups is 1. The number of thiazole rings is 1. The van der Waals surface area contributed by atoms with E-state index in [0.717, 1.165) is 26.5 Å². The van der Waals surface area contributed by atoms with E-state index < -0.39 is 11.5 Å². The average molecular weight is 374 g/mol. The number of nitrogens with zero attached hydrogens (tertiary/aromatic N) is 2. The van der Waals surface area contributed by atoms with E-state index >= 15 is 0 Å². The van der Waals surface area contributed by atoms with Gasteiger partial charge in [-0.2, -0.15) is 0 Å². The van der Waals surface area contributed by atoms with Gasteiger partial charge in [-0.15, -0.1) is 11.3 Å². The van der Waals surface area contributed by atoms with E-state index in [1.165, 1.54) is 17.4 Å². The molecule has 0 saturated carbocycles. The van der Waals surface area contributed by atoms with Gasteiger partial charge in [0.2, 0.25) is 5.43 Å². The van der Waals surface area contributed by atoms with Crippen molar-refractivity contribution in [2.45, 2.75) is 26.8 Å². The summed E-state index contributed by atoms with van der Waals surface area (Å²) >= 11 is 6.75. The molecule has 3 aromatic rings. The third-order valence-electron chi connectivity index (χ3n) is 4.13. The molecule has 2 aromatic heterocycles. The first-order valence-electron chi connectivity index (χ1n) is 7.81. The van der Waals surface area contributed by atoms with Crippen LogP contribution in [0.4, 0.5) is 0 Å². The quantitative estimate of drug-likeness (QED) is 0.689. The molecule has 0 amide bonds. The number of benzene rings is 1. The van der Waals surface area contributed by atoms with Crippen molar-refractivity contribution >= 4 is 38.8 Å². The molecule has 130 valence electrons. The summed E-state index contributed by atoms with van der Waals surface area (Å²) in [5.74, 6) is -0.280. The maximum Gasteiger partial charge on any atom is 0.223 e. The molecular formula is C18H19N3O2S2. The number of rotatable bonds is 3. The molecule has 0 fully saturated rings. The molecule has 0 aliphatic heterocycles. The molecule has 0 saturated heterocycles. The van der Waals surface area contributed by atoms with E-state index in [2.05, 4.69) is 11.4 Å². The van der Waals surface area contributed by atoms with Crippen molar-refractivity contribution < 1.29 is 5.11 Å². The number of pyridine rings is 1. The zero-order valence-electron chi connectivity index (χ0n) is 14.5. The Labute approximate surface area is 155 Å². The molecule has 2 N–H and O–H groups in total. The summed E-state index contributed by atoms with van der Waals surface area (Å²) in [5, 5.41) is 14.4. The standard InChI is InChI=1S/C18H19N3O2S2/c1-9-5-6-12-14(7-9)25-18(20-12)15(19-11(3)24)16-17(23)13(22)8-10(2)21(16)4/h5-8,15,23H,1-4H3,(H,19,24). The summed E-state index contributed by atoms with van der Waals surface area (Å²) in [5.41, 5.74) is 2.85. The normalized spacial score (nSPS) is 12.3. The molecule has 25 heavy (non-hydrogen) atoms. The highest BCUT2D eigenvalue weighted by Gasteiger charge is 2.26. The minimum Gasteiger partial charge on any atom is -0.503 e. The van der Waals surface area contributed by atoms with Crippen LogP contribution in [0.3, 0.4) is 0 Å². The second-order valence-electron chi connectivity index (χ2n) is 6.10. The van der Waals surface area contributed by atoms with E-state index in [1.807, 2.05) is 33.0 Å². The van der Waals surface area contributed by atoms with Gasteiger partial charge in [0.15, 0.2) is 5.75 Å². The number of aromatic nitrogens is 2. The van der Waals surface area contributed by atoms with Crippen molar-refractivity contribution in [3.8, 4) is 5.75 Å². The Hall–Kier alpha value is -2.25. The Morgan fingerprint density at radius 3 is 2.76 bits per heavy atom. The fraction of sp³-hybridized carbons (Fsp3) is 0.278. The maximum absolute atomic E-state index is 12.1. The highest BCUT2D eigenvalue weighted by molar-refractivity contribution is 7.80. The Kier molecular flexibility index (Phi) is 4.62. The van der Waals surface area contributed by atoms with Gasteiger partial charge in [-0.05, 0) is 38.5 Å². The van der Waals surface area contributed by atoms with Gasteiger partial charge in [-0.25, -0.2) is 4.98 Å². The largest absolute Gasteiger partial charge is 0.503 e. The number of hydrogen-bond donors (Lipinski definition) is 2. The first-order chi connectivity index (χ1) is 11.8. The molecule has 0 radical (unpaired) electrons. The van der Waals surface area contributed by atoms with Crippen LogP contribution < -0.4 is 10.7 Å². The van der Waals surface area contributed by atoms with Crippen molar-refractivity contribution in [1.82, 2.24) is 14.9 Å². The Bertz CT molecular complexity index is 1040. The number of hydrogen-bond acceptors (Lipinski definition) is 5. The molecule has 0 bridgehead atoms. The van der Waals surface area contributed by atoms with Crippen LogP contribution in [0, 0.1) is 13.8 Å². The summed E-state index contributed by atoms with van der Waals surface area (Å²) < 4.78 is 2.85. The lowest BCUT2D eigenvalue weighted by atomic mass is 10.1. The van der Waals surface area contributed by atoms with Crippen LogP contribution in [-0.2, 0) is 7.05 Å². The van der Waals surface area contributed by atoms with Gasteiger partial charge in [0.05, 0.1) is 20.9 Å². The average Bonchev–Trinajstić information content (AvgIpc) is 2.94. The molecule has 1 aromatic carbocycles. The van der Waals surface area contributed by atoms with Crippen LogP contribution in [0.2, 0.25) is 0 Å². The van der Waals surface area contributed by atoms with Crippen LogP contribution >= 0.6 is 23.6 Å². The van der Waals surface area contributed by atoms with Gasteiger partial charge in [0, 0.05) is 18.8 Å². The molecule has 1 unspecified atom stereocenters. The van der Waals surface area contributed by atoms with Crippen molar-refractivity contribution in [3.63, 3.8) is 0 Å². The van der Waals surface area contributed by atoms with Crippen molar-refractivity contribution in [3.05, 3.63) is 56.4 Å². The molecule has 7 heteroatoms. The van der Waals surface area contributed by atoms with Crippen LogP contribution in [0.25, 0.3) is 10.2 Å². The molecule has 3 rings (SSSR count). The Morgan fingerprint density at radius 1 is 1.36 bits per heavy atom. The van der Waals surface area contributed by atoms with Crippen LogP contribution in [0.15, 0.2) is 29.1 Å². The summed E-state index contributed by atoms with van der Waals surface area (Å²) in [4.78, 5) is 17.4. The van der Waals surface area contributed by atoms with Gasteiger partial charge in [-0.1, -0.05) is 18.3 Å². The number of aryl methyl sites for hydroxylation is 2. The summed E-state index contributed by atoms with van der Waals surface area (Å²) in [7, 11) is 1.81. The fourth-order valence-corrected chi connectivity index (χ4v) is 4.02. The van der Waals surface area contributed by atoms with Crippen LogP contribution in [0.5, 0.6) is 5.75 Å². The van der Waals surface area contributed by atoms with Gasteiger partial charge < -0.3 is 15.0 Å². The summed E-state index contributed by atoms with van der Waals surface area (Å²) in [6.45, 7) is 5.63.